The fraction of sp³-hybridized carbons (Fsp3) is 0.0769. The summed E-state index contributed by atoms with van der Waals surface area (Å²) < 4.78 is 0. The van der Waals surface area contributed by atoms with Gasteiger partial charge in [-0.15, -0.1) is 0 Å². The van der Waals surface area contributed by atoms with E-state index in [4.69, 9.17) is 11.6 Å². The summed E-state index contributed by atoms with van der Waals surface area (Å²) >= 11 is 5.78. The maximum atomic E-state index is 10.9. The predicted octanol–water partition coefficient (Wildman–Crippen LogP) is 3.27. The van der Waals surface area contributed by atoms with Crippen LogP contribution in [0.1, 0.15) is 5.56 Å². The van der Waals surface area contributed by atoms with Crippen molar-refractivity contribution in [1.29, 1.82) is 0 Å². The quantitative estimate of drug-likeness (QED) is 0.457. The fourth-order valence-corrected chi connectivity index (χ4v) is 1.88. The molecule has 0 spiro atoms. The zero-order chi connectivity index (χ0) is 14.7. The van der Waals surface area contributed by atoms with Crippen molar-refractivity contribution in [2.75, 3.05) is 5.32 Å². The molecular formula is C13H11ClN2O4. The molecule has 0 saturated heterocycles. The number of nitrogens with one attached hydrogen (secondary N) is 1. The molecule has 0 radical (unpaired) electrons. The number of anilines is 1. The number of nitro benzene ring substituents is 1. The molecule has 20 heavy (non-hydrogen) atoms. The molecule has 0 bridgehead atoms. The molecule has 0 saturated carbocycles. The molecule has 2 aromatic rings. The highest BCUT2D eigenvalue weighted by Gasteiger charge is 2.14. The number of aromatic hydroxyl groups is 2. The lowest BCUT2D eigenvalue weighted by Crippen LogP contribution is -2.02. The lowest BCUT2D eigenvalue weighted by Gasteiger charge is -2.08. The van der Waals surface area contributed by atoms with E-state index < -0.39 is 4.92 Å². The molecule has 3 N–H and O–H groups in total. The van der Waals surface area contributed by atoms with Crippen molar-refractivity contribution in [3.63, 3.8) is 0 Å². The number of hydrogen-bond acceptors (Lipinski definition) is 5. The second-order valence-corrected chi connectivity index (χ2v) is 4.51. The van der Waals surface area contributed by atoms with E-state index in [1.54, 1.807) is 12.1 Å². The fourth-order valence-electron chi connectivity index (χ4n) is 1.68. The molecule has 0 unspecified atom stereocenters. The van der Waals surface area contributed by atoms with E-state index >= 15 is 0 Å². The maximum Gasteiger partial charge on any atom is 0.296 e. The van der Waals surface area contributed by atoms with E-state index in [-0.39, 0.29) is 27.9 Å². The van der Waals surface area contributed by atoms with Gasteiger partial charge in [-0.25, -0.2) is 0 Å². The third-order valence-electron chi connectivity index (χ3n) is 2.67. The largest absolute Gasteiger partial charge is 0.508 e. The van der Waals surface area contributed by atoms with Crippen LogP contribution in [0.4, 0.5) is 11.4 Å². The van der Waals surface area contributed by atoms with Gasteiger partial charge in [0.05, 0.1) is 16.0 Å². The number of nitrogens with zero attached hydrogens (tertiary/aromatic N) is 1. The summed E-state index contributed by atoms with van der Waals surface area (Å²) in [4.78, 5) is 10.3. The molecule has 2 rings (SSSR count). The Labute approximate surface area is 119 Å². The SMILES string of the molecule is O=[N+]([O-])c1cc(O)ccc1NCc1ccc(O)c(Cl)c1. The standard InChI is InChI=1S/C13H11ClN2O4/c14-10-5-8(1-4-13(10)18)7-15-11-3-2-9(17)6-12(11)16(19)20/h1-6,15,17-18H,7H2. The lowest BCUT2D eigenvalue weighted by molar-refractivity contribution is -0.384. The topological polar surface area (TPSA) is 95.6 Å². The Morgan fingerprint density at radius 2 is 1.95 bits per heavy atom. The number of phenols is 2. The average molecular weight is 295 g/mol. The van der Waals surface area contributed by atoms with E-state index in [0.29, 0.717) is 6.54 Å². The maximum absolute atomic E-state index is 10.9. The molecule has 0 fully saturated rings. The van der Waals surface area contributed by atoms with Gasteiger partial charge in [0.15, 0.2) is 0 Å². The van der Waals surface area contributed by atoms with Crippen LogP contribution in [0.3, 0.4) is 0 Å². The van der Waals surface area contributed by atoms with E-state index in [1.807, 2.05) is 0 Å². The lowest BCUT2D eigenvalue weighted by atomic mass is 10.2. The first-order valence-corrected chi connectivity index (χ1v) is 6.04. The number of benzene rings is 2. The van der Waals surface area contributed by atoms with Crippen molar-refractivity contribution in [2.24, 2.45) is 0 Å². The molecule has 0 aliphatic carbocycles. The van der Waals surface area contributed by atoms with Gasteiger partial charge in [-0.2, -0.15) is 0 Å². The van der Waals surface area contributed by atoms with Crippen LogP contribution in [0.15, 0.2) is 36.4 Å². The minimum absolute atomic E-state index is 0.0222. The van der Waals surface area contributed by atoms with Crippen molar-refractivity contribution in [1.82, 2.24) is 0 Å². The first kappa shape index (κ1) is 14.0. The van der Waals surface area contributed by atoms with Gasteiger partial charge in [-0.3, -0.25) is 10.1 Å². The molecule has 104 valence electrons. The summed E-state index contributed by atoms with van der Waals surface area (Å²) in [6.45, 7) is 0.297. The zero-order valence-corrected chi connectivity index (χ0v) is 11.0. The van der Waals surface area contributed by atoms with Crippen LogP contribution >= 0.6 is 11.6 Å². The van der Waals surface area contributed by atoms with Gasteiger partial charge in [0.2, 0.25) is 0 Å². The van der Waals surface area contributed by atoms with Crippen LogP contribution in [-0.2, 0) is 6.54 Å². The van der Waals surface area contributed by atoms with Gasteiger partial charge in [-0.05, 0) is 29.8 Å². The molecule has 0 aromatic heterocycles. The van der Waals surface area contributed by atoms with Gasteiger partial charge in [0.25, 0.3) is 5.69 Å². The normalized spacial score (nSPS) is 10.2. The predicted molar refractivity (Wildman–Crippen MR) is 75.2 cm³/mol. The Morgan fingerprint density at radius 1 is 1.20 bits per heavy atom. The zero-order valence-electron chi connectivity index (χ0n) is 10.2. The Bertz CT molecular complexity index is 661. The van der Waals surface area contributed by atoms with Gasteiger partial charge in [0.1, 0.15) is 17.2 Å². The summed E-state index contributed by atoms with van der Waals surface area (Å²) in [7, 11) is 0. The minimum Gasteiger partial charge on any atom is -0.508 e. The highest BCUT2D eigenvalue weighted by molar-refractivity contribution is 6.32. The summed E-state index contributed by atoms with van der Waals surface area (Å²) in [5, 5.41) is 32.6. The second-order valence-electron chi connectivity index (χ2n) is 4.10. The average Bonchev–Trinajstić information content (AvgIpc) is 2.41. The molecule has 2 aromatic carbocycles. The van der Waals surface area contributed by atoms with Crippen LogP contribution in [-0.4, -0.2) is 15.1 Å². The van der Waals surface area contributed by atoms with Gasteiger partial charge in [0, 0.05) is 6.54 Å². The third-order valence-corrected chi connectivity index (χ3v) is 2.98. The first-order chi connectivity index (χ1) is 9.47. The number of phenolic OH excluding ortho intramolecular Hbond substituents is 2. The smallest absolute Gasteiger partial charge is 0.296 e. The van der Waals surface area contributed by atoms with Crippen LogP contribution in [0, 0.1) is 10.1 Å². The number of hydrogen-bond donors (Lipinski definition) is 3. The molecule has 6 nitrogen and oxygen atoms in total. The van der Waals surface area contributed by atoms with Gasteiger partial charge >= 0.3 is 0 Å². The summed E-state index contributed by atoms with van der Waals surface area (Å²) in [6.07, 6.45) is 0. The van der Waals surface area contributed by atoms with Crippen LogP contribution in [0.25, 0.3) is 0 Å². The monoisotopic (exact) mass is 294 g/mol. The highest BCUT2D eigenvalue weighted by atomic mass is 35.5. The molecule has 0 aliphatic rings. The first-order valence-electron chi connectivity index (χ1n) is 5.66. The van der Waals surface area contributed by atoms with Crippen molar-refractivity contribution >= 4 is 23.0 Å². The molecule has 7 heteroatoms. The summed E-state index contributed by atoms with van der Waals surface area (Å²) in [5.41, 5.74) is 0.835. The molecule has 0 amide bonds. The third kappa shape index (κ3) is 3.10. The molecule has 0 atom stereocenters. The number of halogens is 1. The number of nitro groups is 1. The van der Waals surface area contributed by atoms with Crippen LogP contribution < -0.4 is 5.32 Å². The Balaban J connectivity index is 2.18. The van der Waals surface area contributed by atoms with E-state index in [1.165, 1.54) is 18.2 Å². The van der Waals surface area contributed by atoms with Crippen molar-refractivity contribution in [3.8, 4) is 11.5 Å². The van der Waals surface area contributed by atoms with E-state index in [2.05, 4.69) is 5.32 Å². The highest BCUT2D eigenvalue weighted by Crippen LogP contribution is 2.29. The summed E-state index contributed by atoms with van der Waals surface area (Å²) in [5.74, 6) is -0.194. The molecule has 0 aliphatic heterocycles. The van der Waals surface area contributed by atoms with Gasteiger partial charge in [-0.1, -0.05) is 17.7 Å². The molecular weight excluding hydrogens is 284 g/mol. The van der Waals surface area contributed by atoms with Crippen molar-refractivity contribution < 1.29 is 15.1 Å². The van der Waals surface area contributed by atoms with Crippen LogP contribution in [0.2, 0.25) is 5.02 Å². The summed E-state index contributed by atoms with van der Waals surface area (Å²) in [6, 6.07) is 8.53. The Kier molecular flexibility index (Phi) is 3.95. The van der Waals surface area contributed by atoms with Crippen LogP contribution in [0.5, 0.6) is 11.5 Å². The van der Waals surface area contributed by atoms with Gasteiger partial charge < -0.3 is 15.5 Å². The van der Waals surface area contributed by atoms with E-state index in [9.17, 15) is 20.3 Å². The van der Waals surface area contributed by atoms with Crippen molar-refractivity contribution in [2.45, 2.75) is 6.54 Å². The Morgan fingerprint density at radius 3 is 2.60 bits per heavy atom. The Hall–Kier alpha value is -2.47. The van der Waals surface area contributed by atoms with E-state index in [0.717, 1.165) is 11.6 Å². The minimum atomic E-state index is -0.578. The second kappa shape index (κ2) is 5.66. The van der Waals surface area contributed by atoms with Crippen molar-refractivity contribution in [3.05, 3.63) is 57.1 Å². The number of rotatable bonds is 4. The molecule has 0 heterocycles.